The number of halogens is 2. The van der Waals surface area contributed by atoms with E-state index in [0.29, 0.717) is 24.0 Å². The Morgan fingerprint density at radius 2 is 2.08 bits per heavy atom. The number of hydrogen-bond acceptors (Lipinski definition) is 4. The van der Waals surface area contributed by atoms with Crippen LogP contribution in [0, 0.1) is 5.92 Å². The zero-order chi connectivity index (χ0) is 18.4. The van der Waals surface area contributed by atoms with E-state index in [1.165, 1.54) is 18.2 Å². The van der Waals surface area contributed by atoms with Crippen LogP contribution in [0.25, 0.3) is 0 Å². The van der Waals surface area contributed by atoms with Crippen LogP contribution in [0.2, 0.25) is 10.0 Å². The van der Waals surface area contributed by atoms with Gasteiger partial charge in [-0.25, -0.2) is 0 Å². The van der Waals surface area contributed by atoms with Crippen molar-refractivity contribution in [3.8, 4) is 0 Å². The predicted molar refractivity (Wildman–Crippen MR) is 94.7 cm³/mol. The first-order valence-corrected chi connectivity index (χ1v) is 8.79. The average molecular weight is 387 g/mol. The molecule has 0 saturated carbocycles. The van der Waals surface area contributed by atoms with Crippen molar-refractivity contribution in [1.29, 1.82) is 0 Å². The van der Waals surface area contributed by atoms with Gasteiger partial charge in [0.15, 0.2) is 6.61 Å². The molecule has 1 aromatic rings. The molecule has 0 radical (unpaired) electrons. The number of nitrogens with zero attached hydrogens (tertiary/aromatic N) is 1. The van der Waals surface area contributed by atoms with Gasteiger partial charge in [-0.3, -0.25) is 14.4 Å². The van der Waals surface area contributed by atoms with Gasteiger partial charge in [-0.1, -0.05) is 30.1 Å². The summed E-state index contributed by atoms with van der Waals surface area (Å²) in [6.07, 6.45) is 2.06. The molecule has 1 heterocycles. The van der Waals surface area contributed by atoms with Gasteiger partial charge in [-0.15, -0.1) is 0 Å². The van der Waals surface area contributed by atoms with Gasteiger partial charge >= 0.3 is 5.97 Å². The molecule has 1 saturated heterocycles. The van der Waals surface area contributed by atoms with Crippen molar-refractivity contribution in [1.82, 2.24) is 10.2 Å². The van der Waals surface area contributed by atoms with Crippen molar-refractivity contribution >= 4 is 41.0 Å². The van der Waals surface area contributed by atoms with E-state index in [9.17, 15) is 14.4 Å². The zero-order valence-electron chi connectivity index (χ0n) is 13.9. The van der Waals surface area contributed by atoms with Crippen molar-refractivity contribution in [2.45, 2.75) is 19.8 Å². The minimum absolute atomic E-state index is 0.188. The maximum atomic E-state index is 12.0. The molecular weight excluding hydrogens is 367 g/mol. The van der Waals surface area contributed by atoms with Crippen LogP contribution >= 0.6 is 23.2 Å². The average Bonchev–Trinajstić information content (AvgIpc) is 2.57. The Morgan fingerprint density at radius 3 is 2.76 bits per heavy atom. The Morgan fingerprint density at radius 1 is 1.32 bits per heavy atom. The van der Waals surface area contributed by atoms with Crippen molar-refractivity contribution in [3.63, 3.8) is 0 Å². The molecule has 1 fully saturated rings. The molecule has 0 unspecified atom stereocenters. The van der Waals surface area contributed by atoms with Crippen molar-refractivity contribution in [2.24, 2.45) is 5.92 Å². The van der Waals surface area contributed by atoms with E-state index in [1.807, 2.05) is 0 Å². The summed E-state index contributed by atoms with van der Waals surface area (Å²) >= 11 is 11.7. The highest BCUT2D eigenvalue weighted by molar-refractivity contribution is 6.36. The molecular formula is C17H20Cl2N2O4. The number of amides is 2. The molecule has 0 aliphatic carbocycles. The number of ether oxygens (including phenoxy) is 1. The lowest BCUT2D eigenvalue weighted by Crippen LogP contribution is -2.42. The van der Waals surface area contributed by atoms with Gasteiger partial charge in [0.1, 0.15) is 6.54 Å². The van der Waals surface area contributed by atoms with Gasteiger partial charge in [0.2, 0.25) is 0 Å². The highest BCUT2D eigenvalue weighted by Gasteiger charge is 2.22. The first-order valence-electron chi connectivity index (χ1n) is 8.03. The molecule has 1 aromatic carbocycles. The summed E-state index contributed by atoms with van der Waals surface area (Å²) < 4.78 is 4.93. The summed E-state index contributed by atoms with van der Waals surface area (Å²) in [6, 6.07) is 4.43. The summed E-state index contributed by atoms with van der Waals surface area (Å²) in [5, 5.41) is 3.00. The summed E-state index contributed by atoms with van der Waals surface area (Å²) in [4.78, 5) is 37.4. The quantitative estimate of drug-likeness (QED) is 0.788. The summed E-state index contributed by atoms with van der Waals surface area (Å²) in [5.74, 6) is -0.963. The molecule has 2 rings (SSSR count). The van der Waals surface area contributed by atoms with E-state index in [4.69, 9.17) is 27.9 Å². The number of rotatable bonds is 5. The van der Waals surface area contributed by atoms with Crippen LogP contribution in [0.3, 0.4) is 0 Å². The summed E-state index contributed by atoms with van der Waals surface area (Å²) in [6.45, 7) is 2.79. The standard InChI is InChI=1S/C17H20Cl2N2O4/c1-11-3-2-6-21(9-11)15(22)10-25-16(23)8-20-17(24)13-5-4-12(18)7-14(13)19/h4-5,7,11H,2-3,6,8-10H2,1H3,(H,20,24)/t11-/m1/s1. The van der Waals surface area contributed by atoms with E-state index < -0.39 is 11.9 Å². The highest BCUT2D eigenvalue weighted by Crippen LogP contribution is 2.20. The Hall–Kier alpha value is -1.79. The second kappa shape index (κ2) is 9.06. The van der Waals surface area contributed by atoms with Crippen LogP contribution in [-0.4, -0.2) is 48.9 Å². The molecule has 1 aliphatic heterocycles. The summed E-state index contributed by atoms with van der Waals surface area (Å²) in [5.41, 5.74) is 0.206. The topological polar surface area (TPSA) is 75.7 Å². The minimum atomic E-state index is -0.683. The molecule has 1 N–H and O–H groups in total. The first kappa shape index (κ1) is 19.5. The lowest BCUT2D eigenvalue weighted by Gasteiger charge is -2.30. The van der Waals surface area contributed by atoms with E-state index >= 15 is 0 Å². The number of nitrogens with one attached hydrogen (secondary N) is 1. The van der Waals surface area contributed by atoms with Crippen LogP contribution in [0.4, 0.5) is 0 Å². The predicted octanol–water partition coefficient (Wildman–Crippen LogP) is 2.52. The van der Waals surface area contributed by atoms with Gasteiger partial charge in [0.25, 0.3) is 11.8 Å². The van der Waals surface area contributed by atoms with Crippen LogP contribution in [0.1, 0.15) is 30.1 Å². The molecule has 0 aromatic heterocycles. The molecule has 0 bridgehead atoms. The fourth-order valence-electron chi connectivity index (χ4n) is 2.62. The van der Waals surface area contributed by atoms with Crippen LogP contribution in [0.5, 0.6) is 0 Å². The van der Waals surface area contributed by atoms with E-state index in [2.05, 4.69) is 12.2 Å². The van der Waals surface area contributed by atoms with Gasteiger partial charge in [-0.2, -0.15) is 0 Å². The third kappa shape index (κ3) is 5.90. The number of carbonyl (C=O) groups is 3. The zero-order valence-corrected chi connectivity index (χ0v) is 15.4. The Bertz CT molecular complexity index is 666. The number of hydrogen-bond donors (Lipinski definition) is 1. The molecule has 2 amide bonds. The van der Waals surface area contributed by atoms with E-state index in [-0.39, 0.29) is 29.6 Å². The second-order valence-corrected chi connectivity index (χ2v) is 6.90. The maximum Gasteiger partial charge on any atom is 0.325 e. The molecule has 8 heteroatoms. The molecule has 25 heavy (non-hydrogen) atoms. The number of esters is 1. The van der Waals surface area contributed by atoms with Crippen molar-refractivity contribution in [2.75, 3.05) is 26.2 Å². The SMILES string of the molecule is C[C@@H]1CCCN(C(=O)COC(=O)CNC(=O)c2ccc(Cl)cc2Cl)C1. The van der Waals surface area contributed by atoms with Crippen molar-refractivity contribution < 1.29 is 19.1 Å². The molecule has 6 nitrogen and oxygen atoms in total. The molecule has 0 spiro atoms. The largest absolute Gasteiger partial charge is 0.454 e. The molecule has 1 atom stereocenters. The van der Waals surface area contributed by atoms with E-state index in [1.54, 1.807) is 4.90 Å². The van der Waals surface area contributed by atoms with Gasteiger partial charge in [0.05, 0.1) is 10.6 Å². The number of likely N-dealkylation sites (tertiary alicyclic amines) is 1. The third-order valence-electron chi connectivity index (χ3n) is 3.94. The third-order valence-corrected chi connectivity index (χ3v) is 4.48. The van der Waals surface area contributed by atoms with E-state index in [0.717, 1.165) is 12.8 Å². The van der Waals surface area contributed by atoms with Crippen molar-refractivity contribution in [3.05, 3.63) is 33.8 Å². The second-order valence-electron chi connectivity index (χ2n) is 6.05. The maximum absolute atomic E-state index is 12.0. The lowest BCUT2D eigenvalue weighted by atomic mass is 10.0. The number of carbonyl (C=O) groups excluding carboxylic acids is 3. The van der Waals surface area contributed by atoms with Gasteiger partial charge < -0.3 is 15.0 Å². The lowest BCUT2D eigenvalue weighted by molar-refractivity contribution is -0.151. The smallest absolute Gasteiger partial charge is 0.325 e. The van der Waals surface area contributed by atoms with Gasteiger partial charge in [-0.05, 0) is 37.0 Å². The first-order chi connectivity index (χ1) is 11.9. The monoisotopic (exact) mass is 386 g/mol. The van der Waals surface area contributed by atoms with Crippen LogP contribution in [-0.2, 0) is 14.3 Å². The number of benzene rings is 1. The Kier molecular flexibility index (Phi) is 7.08. The summed E-state index contributed by atoms with van der Waals surface area (Å²) in [7, 11) is 0. The fraction of sp³-hybridized carbons (Fsp3) is 0.471. The minimum Gasteiger partial charge on any atom is -0.454 e. The van der Waals surface area contributed by atoms with Crippen LogP contribution in [0.15, 0.2) is 18.2 Å². The normalized spacial score (nSPS) is 17.1. The Labute approximate surface area is 156 Å². The number of piperidine rings is 1. The highest BCUT2D eigenvalue weighted by atomic mass is 35.5. The Balaban J connectivity index is 1.75. The van der Waals surface area contributed by atoms with Gasteiger partial charge in [0, 0.05) is 18.1 Å². The van der Waals surface area contributed by atoms with Crippen LogP contribution < -0.4 is 5.32 Å². The molecule has 1 aliphatic rings. The fourth-order valence-corrected chi connectivity index (χ4v) is 3.12. The molecule has 136 valence electrons.